The molecule has 0 bridgehead atoms. The van der Waals surface area contributed by atoms with Gasteiger partial charge in [-0.3, -0.25) is 0 Å². The molecule has 0 amide bonds. The van der Waals surface area contributed by atoms with Crippen molar-refractivity contribution in [2.75, 3.05) is 7.11 Å². The summed E-state index contributed by atoms with van der Waals surface area (Å²) in [5.41, 5.74) is 1.80. The van der Waals surface area contributed by atoms with Gasteiger partial charge >= 0.3 is 5.97 Å². The van der Waals surface area contributed by atoms with Crippen LogP contribution in [0.5, 0.6) is 5.75 Å². The highest BCUT2D eigenvalue weighted by atomic mass is 16.5. The van der Waals surface area contributed by atoms with Gasteiger partial charge in [0.15, 0.2) is 6.10 Å². The Morgan fingerprint density at radius 1 is 1.47 bits per heavy atom. The molecule has 1 atom stereocenters. The summed E-state index contributed by atoms with van der Waals surface area (Å²) in [5.74, 6) is -0.646. The summed E-state index contributed by atoms with van der Waals surface area (Å²) in [5, 5.41) is 19.2. The lowest BCUT2D eigenvalue weighted by Gasteiger charge is -2.06. The van der Waals surface area contributed by atoms with Crippen LogP contribution in [0.2, 0.25) is 0 Å². The number of carboxylic acids is 1. The van der Waals surface area contributed by atoms with Crippen LogP contribution in [0.15, 0.2) is 18.2 Å². The van der Waals surface area contributed by atoms with Crippen molar-refractivity contribution in [1.82, 2.24) is 4.98 Å². The molecule has 0 radical (unpaired) electrons. The van der Waals surface area contributed by atoms with Crippen molar-refractivity contribution >= 4 is 16.9 Å². The quantitative estimate of drug-likeness (QED) is 0.754. The number of aliphatic hydroxyl groups is 1. The van der Waals surface area contributed by atoms with Crippen LogP contribution in [0.1, 0.15) is 17.4 Å². The number of aliphatic hydroxyl groups excluding tert-OH is 1. The smallest absolute Gasteiger partial charge is 0.337 e. The fourth-order valence-electron chi connectivity index (χ4n) is 1.93. The molecular formula is C12H13NO4. The normalized spacial score (nSPS) is 12.6. The number of rotatable bonds is 3. The van der Waals surface area contributed by atoms with Crippen molar-refractivity contribution in [1.29, 1.82) is 0 Å². The van der Waals surface area contributed by atoms with Crippen LogP contribution < -0.4 is 4.74 Å². The van der Waals surface area contributed by atoms with E-state index in [0.29, 0.717) is 22.4 Å². The average molecular weight is 235 g/mol. The standard InChI is InChI=1S/C12H13NO4/c1-6-10(11(14)12(15)16)8-5-7(17-2)3-4-9(8)13-6/h3-5,11,13-14H,1-2H3,(H,15,16). The molecule has 2 aromatic rings. The second-order valence-corrected chi connectivity index (χ2v) is 3.82. The van der Waals surface area contributed by atoms with Crippen molar-refractivity contribution in [3.8, 4) is 5.75 Å². The lowest BCUT2D eigenvalue weighted by molar-refractivity contribution is -0.146. The molecule has 0 aliphatic carbocycles. The van der Waals surface area contributed by atoms with Gasteiger partial charge in [0, 0.05) is 22.2 Å². The Balaban J connectivity index is 2.68. The van der Waals surface area contributed by atoms with E-state index in [1.54, 1.807) is 25.1 Å². The van der Waals surface area contributed by atoms with E-state index in [-0.39, 0.29) is 0 Å². The Morgan fingerprint density at radius 3 is 2.76 bits per heavy atom. The maximum atomic E-state index is 10.9. The summed E-state index contributed by atoms with van der Waals surface area (Å²) in [7, 11) is 1.54. The van der Waals surface area contributed by atoms with E-state index >= 15 is 0 Å². The van der Waals surface area contributed by atoms with E-state index < -0.39 is 12.1 Å². The van der Waals surface area contributed by atoms with Crippen LogP contribution in [-0.2, 0) is 4.79 Å². The predicted octanol–water partition coefficient (Wildman–Crippen LogP) is 1.60. The Kier molecular flexibility index (Phi) is 2.77. The number of nitrogens with one attached hydrogen (secondary N) is 1. The van der Waals surface area contributed by atoms with Crippen LogP contribution >= 0.6 is 0 Å². The number of fused-ring (bicyclic) bond motifs is 1. The van der Waals surface area contributed by atoms with E-state index in [2.05, 4.69) is 4.98 Å². The van der Waals surface area contributed by atoms with Gasteiger partial charge in [-0.2, -0.15) is 0 Å². The van der Waals surface area contributed by atoms with Crippen LogP contribution in [0.4, 0.5) is 0 Å². The van der Waals surface area contributed by atoms with Crippen molar-refractivity contribution in [2.24, 2.45) is 0 Å². The minimum atomic E-state index is -1.53. The number of aryl methyl sites for hydroxylation is 1. The summed E-state index contributed by atoms with van der Waals surface area (Å²) in [6.07, 6.45) is -1.53. The SMILES string of the molecule is COc1ccc2[nH]c(C)c(C(O)C(=O)O)c2c1. The highest BCUT2D eigenvalue weighted by Crippen LogP contribution is 2.30. The third-order valence-corrected chi connectivity index (χ3v) is 2.75. The molecule has 0 aliphatic rings. The van der Waals surface area contributed by atoms with E-state index in [0.717, 1.165) is 5.52 Å². The lowest BCUT2D eigenvalue weighted by atomic mass is 10.1. The molecular weight excluding hydrogens is 222 g/mol. The Labute approximate surface area is 97.6 Å². The van der Waals surface area contributed by atoms with Crippen molar-refractivity contribution < 1.29 is 19.7 Å². The number of carboxylic acid groups (broad SMARTS) is 1. The van der Waals surface area contributed by atoms with Crippen LogP contribution in [0, 0.1) is 6.92 Å². The molecule has 0 saturated heterocycles. The number of hydrogen-bond donors (Lipinski definition) is 3. The first-order chi connectivity index (χ1) is 8.04. The molecule has 0 saturated carbocycles. The fourth-order valence-corrected chi connectivity index (χ4v) is 1.93. The van der Waals surface area contributed by atoms with Crippen molar-refractivity contribution in [2.45, 2.75) is 13.0 Å². The monoisotopic (exact) mass is 235 g/mol. The number of aliphatic carboxylic acids is 1. The summed E-state index contributed by atoms with van der Waals surface area (Å²) in [6, 6.07) is 5.27. The van der Waals surface area contributed by atoms with Gasteiger partial charge in [0.25, 0.3) is 0 Å². The van der Waals surface area contributed by atoms with Crippen LogP contribution in [-0.4, -0.2) is 28.3 Å². The maximum absolute atomic E-state index is 10.9. The molecule has 1 unspecified atom stereocenters. The molecule has 1 aromatic carbocycles. The molecule has 5 heteroatoms. The molecule has 3 N–H and O–H groups in total. The number of ether oxygens (including phenoxy) is 1. The molecule has 2 rings (SSSR count). The molecule has 0 fully saturated rings. The highest BCUT2D eigenvalue weighted by molar-refractivity contribution is 5.90. The Hall–Kier alpha value is -2.01. The number of carbonyl (C=O) groups is 1. The minimum Gasteiger partial charge on any atom is -0.497 e. The van der Waals surface area contributed by atoms with Gasteiger partial charge in [0.2, 0.25) is 0 Å². The summed E-state index contributed by atoms with van der Waals surface area (Å²) >= 11 is 0. The molecule has 17 heavy (non-hydrogen) atoms. The van der Waals surface area contributed by atoms with Gasteiger partial charge < -0.3 is 19.9 Å². The predicted molar refractivity (Wildman–Crippen MR) is 62.2 cm³/mol. The minimum absolute atomic E-state index is 0.381. The summed E-state index contributed by atoms with van der Waals surface area (Å²) in [4.78, 5) is 13.9. The molecule has 90 valence electrons. The summed E-state index contributed by atoms with van der Waals surface area (Å²) < 4.78 is 5.08. The Bertz CT molecular complexity index is 573. The topological polar surface area (TPSA) is 82.5 Å². The maximum Gasteiger partial charge on any atom is 0.337 e. The lowest BCUT2D eigenvalue weighted by Crippen LogP contribution is -2.11. The van der Waals surface area contributed by atoms with E-state index in [1.807, 2.05) is 0 Å². The average Bonchev–Trinajstić information content (AvgIpc) is 2.62. The second-order valence-electron chi connectivity index (χ2n) is 3.82. The van der Waals surface area contributed by atoms with Crippen LogP contribution in [0.3, 0.4) is 0 Å². The van der Waals surface area contributed by atoms with Gasteiger partial charge in [0.1, 0.15) is 5.75 Å². The largest absolute Gasteiger partial charge is 0.497 e. The first-order valence-electron chi connectivity index (χ1n) is 5.11. The zero-order chi connectivity index (χ0) is 12.6. The van der Waals surface area contributed by atoms with Gasteiger partial charge in [-0.05, 0) is 25.1 Å². The van der Waals surface area contributed by atoms with E-state index in [4.69, 9.17) is 9.84 Å². The number of aromatic amines is 1. The highest BCUT2D eigenvalue weighted by Gasteiger charge is 2.22. The van der Waals surface area contributed by atoms with Gasteiger partial charge in [0.05, 0.1) is 7.11 Å². The third kappa shape index (κ3) is 1.85. The van der Waals surface area contributed by atoms with E-state index in [9.17, 15) is 9.90 Å². The number of hydrogen-bond acceptors (Lipinski definition) is 3. The molecule has 0 spiro atoms. The fraction of sp³-hybridized carbons (Fsp3) is 0.250. The number of benzene rings is 1. The Morgan fingerprint density at radius 2 is 2.18 bits per heavy atom. The van der Waals surface area contributed by atoms with Crippen molar-refractivity contribution in [3.63, 3.8) is 0 Å². The second kappa shape index (κ2) is 4.10. The molecule has 1 aromatic heterocycles. The first-order valence-corrected chi connectivity index (χ1v) is 5.11. The van der Waals surface area contributed by atoms with Crippen molar-refractivity contribution in [3.05, 3.63) is 29.5 Å². The molecule has 0 aliphatic heterocycles. The van der Waals surface area contributed by atoms with Gasteiger partial charge in [-0.25, -0.2) is 4.79 Å². The third-order valence-electron chi connectivity index (χ3n) is 2.75. The van der Waals surface area contributed by atoms with Crippen LogP contribution in [0.25, 0.3) is 10.9 Å². The number of aromatic nitrogens is 1. The first kappa shape index (κ1) is 11.5. The van der Waals surface area contributed by atoms with Gasteiger partial charge in [-0.1, -0.05) is 0 Å². The van der Waals surface area contributed by atoms with E-state index in [1.165, 1.54) is 7.11 Å². The zero-order valence-corrected chi connectivity index (χ0v) is 9.52. The zero-order valence-electron chi connectivity index (χ0n) is 9.52. The number of H-pyrrole nitrogens is 1. The summed E-state index contributed by atoms with van der Waals surface area (Å²) in [6.45, 7) is 1.73. The molecule has 5 nitrogen and oxygen atoms in total. The number of methoxy groups -OCH3 is 1. The molecule has 1 heterocycles. The van der Waals surface area contributed by atoms with Gasteiger partial charge in [-0.15, -0.1) is 0 Å².